The summed E-state index contributed by atoms with van der Waals surface area (Å²) in [6.45, 7) is 0.217. The van der Waals surface area contributed by atoms with Gasteiger partial charge >= 0.3 is 5.97 Å². The van der Waals surface area contributed by atoms with Gasteiger partial charge in [-0.2, -0.15) is 0 Å². The molecule has 0 radical (unpaired) electrons. The van der Waals surface area contributed by atoms with Crippen LogP contribution in [0.1, 0.15) is 16.8 Å². The van der Waals surface area contributed by atoms with Crippen molar-refractivity contribution in [2.24, 2.45) is 0 Å². The fraction of sp³-hybridized carbons (Fsp3) is 0.250. The molecular weight excluding hydrogens is 268 g/mol. The molecule has 1 unspecified atom stereocenters. The van der Waals surface area contributed by atoms with Crippen LogP contribution in [-0.2, 0) is 9.59 Å². The molecule has 0 spiro atoms. The lowest BCUT2D eigenvalue weighted by molar-refractivity contribution is -0.384. The summed E-state index contributed by atoms with van der Waals surface area (Å²) in [4.78, 5) is 45.3. The van der Waals surface area contributed by atoms with Crippen LogP contribution in [0.15, 0.2) is 24.3 Å². The molecule has 1 amide bonds. The van der Waals surface area contributed by atoms with Crippen molar-refractivity contribution in [1.29, 1.82) is 0 Å². The summed E-state index contributed by atoms with van der Waals surface area (Å²) in [7, 11) is 0. The number of ketones is 1. The molecule has 0 saturated carbocycles. The molecule has 1 aliphatic heterocycles. The topological polar surface area (TPSA) is 118 Å². The van der Waals surface area contributed by atoms with E-state index in [1.165, 1.54) is 12.1 Å². The molecule has 8 heteroatoms. The van der Waals surface area contributed by atoms with Crippen LogP contribution < -0.4 is 0 Å². The van der Waals surface area contributed by atoms with Crippen molar-refractivity contribution in [2.45, 2.75) is 12.5 Å². The average molecular weight is 278 g/mol. The number of aliphatic carboxylic acids is 1. The highest BCUT2D eigenvalue weighted by Crippen LogP contribution is 2.20. The number of non-ortho nitro benzene ring substituents is 1. The highest BCUT2D eigenvalue weighted by molar-refractivity contribution is 6.43. The summed E-state index contributed by atoms with van der Waals surface area (Å²) >= 11 is 0. The van der Waals surface area contributed by atoms with Gasteiger partial charge in [0.2, 0.25) is 5.78 Å². The van der Waals surface area contributed by atoms with E-state index in [9.17, 15) is 24.5 Å². The first kappa shape index (κ1) is 13.7. The molecule has 2 rings (SSSR count). The molecule has 104 valence electrons. The van der Waals surface area contributed by atoms with Gasteiger partial charge in [0.25, 0.3) is 11.6 Å². The number of carboxylic acid groups (broad SMARTS) is 1. The van der Waals surface area contributed by atoms with Crippen LogP contribution >= 0.6 is 0 Å². The largest absolute Gasteiger partial charge is 0.480 e. The van der Waals surface area contributed by atoms with Crippen LogP contribution in [0.3, 0.4) is 0 Å². The summed E-state index contributed by atoms with van der Waals surface area (Å²) in [6.07, 6.45) is 0.314. The standard InChI is InChI=1S/C12H10N2O6/c15-10(7-1-3-8(4-2-7)14(19)20)11(16)13-6-5-9(13)12(17)18/h1-4,9H,5-6H2,(H,17,18). The van der Waals surface area contributed by atoms with Gasteiger partial charge in [0.15, 0.2) is 0 Å². The lowest BCUT2D eigenvalue weighted by Gasteiger charge is -2.37. The van der Waals surface area contributed by atoms with E-state index in [1.807, 2.05) is 0 Å². The Hall–Kier alpha value is -2.77. The van der Waals surface area contributed by atoms with Crippen LogP contribution in [0.5, 0.6) is 0 Å². The third kappa shape index (κ3) is 2.35. The zero-order valence-electron chi connectivity index (χ0n) is 10.2. The number of likely N-dealkylation sites (tertiary alicyclic amines) is 1. The third-order valence-corrected chi connectivity index (χ3v) is 3.10. The number of nitro groups is 1. The van der Waals surface area contributed by atoms with Crippen LogP contribution in [0.25, 0.3) is 0 Å². The first-order valence-electron chi connectivity index (χ1n) is 5.74. The number of carboxylic acids is 1. The van der Waals surface area contributed by atoms with E-state index in [4.69, 9.17) is 5.11 Å². The fourth-order valence-corrected chi connectivity index (χ4v) is 1.88. The Morgan fingerprint density at radius 2 is 1.85 bits per heavy atom. The molecule has 1 fully saturated rings. The zero-order chi connectivity index (χ0) is 14.9. The summed E-state index contributed by atoms with van der Waals surface area (Å²) in [6, 6.07) is 3.61. The van der Waals surface area contributed by atoms with Crippen LogP contribution in [-0.4, -0.2) is 45.2 Å². The Kier molecular flexibility index (Phi) is 3.47. The minimum absolute atomic E-state index is 0.00311. The van der Waals surface area contributed by atoms with Crippen molar-refractivity contribution in [1.82, 2.24) is 4.90 Å². The Morgan fingerprint density at radius 3 is 2.25 bits per heavy atom. The van der Waals surface area contributed by atoms with E-state index in [0.29, 0.717) is 6.42 Å². The smallest absolute Gasteiger partial charge is 0.326 e. The lowest BCUT2D eigenvalue weighted by atomic mass is 10.0. The maximum absolute atomic E-state index is 11.9. The number of hydrogen-bond donors (Lipinski definition) is 1. The third-order valence-electron chi connectivity index (χ3n) is 3.10. The van der Waals surface area contributed by atoms with Crippen LogP contribution in [0.2, 0.25) is 0 Å². The van der Waals surface area contributed by atoms with Gasteiger partial charge in [-0.3, -0.25) is 19.7 Å². The quantitative estimate of drug-likeness (QED) is 0.370. The number of carbonyl (C=O) groups excluding carboxylic acids is 2. The first-order valence-corrected chi connectivity index (χ1v) is 5.74. The molecule has 0 aliphatic carbocycles. The van der Waals surface area contributed by atoms with E-state index < -0.39 is 28.6 Å². The fourth-order valence-electron chi connectivity index (χ4n) is 1.88. The second-order valence-corrected chi connectivity index (χ2v) is 4.27. The molecule has 1 heterocycles. The molecule has 0 aromatic heterocycles. The van der Waals surface area contributed by atoms with Gasteiger partial charge < -0.3 is 10.0 Å². The molecule has 1 N–H and O–H groups in total. The predicted molar refractivity (Wildman–Crippen MR) is 65.2 cm³/mol. The van der Waals surface area contributed by atoms with Crippen LogP contribution in [0, 0.1) is 10.1 Å². The second-order valence-electron chi connectivity index (χ2n) is 4.27. The number of Topliss-reactive ketones (excluding diaryl/α,β-unsaturated/α-hetero) is 1. The van der Waals surface area contributed by atoms with Gasteiger partial charge in [-0.25, -0.2) is 4.79 Å². The van der Waals surface area contributed by atoms with Crippen molar-refractivity contribution >= 4 is 23.3 Å². The Labute approximate surface area is 112 Å². The van der Waals surface area contributed by atoms with E-state index in [2.05, 4.69) is 0 Å². The molecule has 1 saturated heterocycles. The number of carbonyl (C=O) groups is 3. The first-order chi connectivity index (χ1) is 9.41. The Morgan fingerprint density at radius 1 is 1.25 bits per heavy atom. The van der Waals surface area contributed by atoms with Crippen molar-refractivity contribution in [3.05, 3.63) is 39.9 Å². The van der Waals surface area contributed by atoms with Gasteiger partial charge in [0.1, 0.15) is 6.04 Å². The Bertz CT molecular complexity index is 594. The van der Waals surface area contributed by atoms with E-state index >= 15 is 0 Å². The molecule has 1 aromatic rings. The summed E-state index contributed by atoms with van der Waals surface area (Å²) in [5, 5.41) is 19.3. The zero-order valence-corrected chi connectivity index (χ0v) is 10.2. The number of rotatable bonds is 4. The molecule has 1 aromatic carbocycles. The molecule has 1 atom stereocenters. The van der Waals surface area contributed by atoms with Gasteiger partial charge in [0.05, 0.1) is 4.92 Å². The Balaban J connectivity index is 2.13. The minimum atomic E-state index is -1.15. The second kappa shape index (κ2) is 5.08. The summed E-state index contributed by atoms with van der Waals surface area (Å²) in [5.74, 6) is -2.93. The number of nitrogens with zero attached hydrogens (tertiary/aromatic N) is 2. The van der Waals surface area contributed by atoms with Crippen molar-refractivity contribution < 1.29 is 24.4 Å². The highest BCUT2D eigenvalue weighted by Gasteiger charge is 2.40. The normalized spacial score (nSPS) is 17.2. The molecule has 20 heavy (non-hydrogen) atoms. The minimum Gasteiger partial charge on any atom is -0.480 e. The predicted octanol–water partition coefficient (Wildman–Crippen LogP) is 0.463. The lowest BCUT2D eigenvalue weighted by Crippen LogP contribution is -2.57. The van der Waals surface area contributed by atoms with Gasteiger partial charge in [-0.05, 0) is 18.6 Å². The van der Waals surface area contributed by atoms with Crippen molar-refractivity contribution in [2.75, 3.05) is 6.54 Å². The number of hydrogen-bond acceptors (Lipinski definition) is 5. The van der Waals surface area contributed by atoms with E-state index in [0.717, 1.165) is 17.0 Å². The molecular formula is C12H10N2O6. The van der Waals surface area contributed by atoms with Crippen molar-refractivity contribution in [3.8, 4) is 0 Å². The van der Waals surface area contributed by atoms with Gasteiger partial charge in [0, 0.05) is 24.2 Å². The molecule has 1 aliphatic rings. The number of benzene rings is 1. The summed E-state index contributed by atoms with van der Waals surface area (Å²) in [5.41, 5.74) is -0.196. The monoisotopic (exact) mass is 278 g/mol. The van der Waals surface area contributed by atoms with Crippen LogP contribution in [0.4, 0.5) is 5.69 Å². The van der Waals surface area contributed by atoms with Gasteiger partial charge in [-0.15, -0.1) is 0 Å². The molecule has 8 nitrogen and oxygen atoms in total. The van der Waals surface area contributed by atoms with Crippen molar-refractivity contribution in [3.63, 3.8) is 0 Å². The summed E-state index contributed by atoms with van der Waals surface area (Å²) < 4.78 is 0. The maximum Gasteiger partial charge on any atom is 0.326 e. The molecule has 0 bridgehead atoms. The SMILES string of the molecule is O=C(C(=O)N1CCC1C(=O)O)c1ccc([N+](=O)[O-])cc1. The average Bonchev–Trinajstić information content (AvgIpc) is 2.35. The maximum atomic E-state index is 11.9. The van der Waals surface area contributed by atoms with Gasteiger partial charge in [-0.1, -0.05) is 0 Å². The van der Waals surface area contributed by atoms with E-state index in [-0.39, 0.29) is 17.8 Å². The highest BCUT2D eigenvalue weighted by atomic mass is 16.6. The number of amides is 1. The van der Waals surface area contributed by atoms with E-state index in [1.54, 1.807) is 0 Å². The number of nitro benzene ring substituents is 1.